The fraction of sp³-hybridized carbons (Fsp3) is 0.200. The van der Waals surface area contributed by atoms with E-state index in [1.165, 1.54) is 65.8 Å². The Bertz CT molecular complexity index is 1930. The summed E-state index contributed by atoms with van der Waals surface area (Å²) >= 11 is 14.3. The highest BCUT2D eigenvalue weighted by atomic mass is 32.4. The number of fused-ring (bicyclic) bond motifs is 4. The summed E-state index contributed by atoms with van der Waals surface area (Å²) in [6.45, 7) is 9.74. The van der Waals surface area contributed by atoms with Crippen molar-refractivity contribution >= 4 is 57.5 Å². The van der Waals surface area contributed by atoms with E-state index in [1.54, 1.807) is 0 Å². The maximum absolute atomic E-state index is 7.15. The third kappa shape index (κ3) is 3.64. The SMILES string of the molecule is CC1=C(C2=C(C)[C@]3(C)C[P@@]2(=S)C(c2ccccc2)=C3c2ccccc2)[P@]2(=S)C[C@@]1(C)C(c1ccccc1)=C2c1ccccc1. The smallest absolute Gasteiger partial charge is 0.0206 e. The fourth-order valence-corrected chi connectivity index (χ4v) is 23.2. The van der Waals surface area contributed by atoms with Crippen molar-refractivity contribution in [2.75, 3.05) is 12.3 Å². The molecule has 4 aromatic rings. The zero-order chi connectivity index (χ0) is 30.5. The summed E-state index contributed by atoms with van der Waals surface area (Å²) in [5.74, 6) is 0. The molecule has 0 saturated heterocycles. The summed E-state index contributed by atoms with van der Waals surface area (Å²) in [5, 5.41) is 5.82. The monoisotopic (exact) mass is 642 g/mol. The molecule has 4 atom stereocenters. The van der Waals surface area contributed by atoms with E-state index in [1.807, 2.05) is 0 Å². The van der Waals surface area contributed by atoms with E-state index in [0.29, 0.717) is 0 Å². The molecule has 0 spiro atoms. The third-order valence-electron chi connectivity index (χ3n) is 10.9. The van der Waals surface area contributed by atoms with Gasteiger partial charge in [-0.25, -0.2) is 0 Å². The Balaban J connectivity index is 1.41. The van der Waals surface area contributed by atoms with Crippen LogP contribution in [0.1, 0.15) is 49.9 Å². The predicted octanol–water partition coefficient (Wildman–Crippen LogP) is 11.7. The molecule has 0 aliphatic carbocycles. The Morgan fingerprint density at radius 1 is 0.432 bits per heavy atom. The molecule has 0 fully saturated rings. The topological polar surface area (TPSA) is 0 Å². The van der Waals surface area contributed by atoms with E-state index >= 15 is 0 Å². The van der Waals surface area contributed by atoms with Crippen molar-refractivity contribution in [3.63, 3.8) is 0 Å². The van der Waals surface area contributed by atoms with Crippen molar-refractivity contribution in [2.24, 2.45) is 10.8 Å². The first kappa shape index (κ1) is 28.6. The van der Waals surface area contributed by atoms with Crippen LogP contribution in [0.3, 0.4) is 0 Å². The molecule has 0 N–H and O–H groups in total. The molecule has 0 radical (unpaired) electrons. The van der Waals surface area contributed by atoms with Crippen LogP contribution < -0.4 is 0 Å². The van der Waals surface area contributed by atoms with Crippen molar-refractivity contribution in [2.45, 2.75) is 27.7 Å². The van der Waals surface area contributed by atoms with E-state index < -0.39 is 12.1 Å². The molecule has 0 amide bonds. The average molecular weight is 643 g/mol. The average Bonchev–Trinajstić information content (AvgIpc) is 3.60. The van der Waals surface area contributed by atoms with Gasteiger partial charge in [-0.1, -0.05) is 170 Å². The lowest BCUT2D eigenvalue weighted by Crippen LogP contribution is -2.20. The van der Waals surface area contributed by atoms with Crippen LogP contribution in [0.4, 0.5) is 0 Å². The Hall–Kier alpha value is -2.86. The van der Waals surface area contributed by atoms with E-state index in [0.717, 1.165) is 12.3 Å². The molecule has 4 heteroatoms. The highest BCUT2D eigenvalue weighted by molar-refractivity contribution is 8.25. The molecule has 8 rings (SSSR count). The standard InChI is InChI=1S/C40H36P2S2/c1-27-35(41(43)25-39(27,3)33(29-17-9-5-10-18-29)37(41)31-21-13-7-14-22-31)36-28(2)40(4)26-42(36,44)38(32-23-15-8-16-24-32)34(40)30-19-11-6-12-20-30/h5-24H,25-26H2,1-4H3/t39-,40+,41-,42+. The van der Waals surface area contributed by atoms with Gasteiger partial charge in [0.25, 0.3) is 0 Å². The minimum atomic E-state index is -2.19. The normalized spacial score (nSPS) is 30.7. The molecule has 4 aliphatic heterocycles. The summed E-state index contributed by atoms with van der Waals surface area (Å²) in [6.07, 6.45) is 2.04. The number of hydrogen-bond acceptors (Lipinski definition) is 2. The first-order chi connectivity index (χ1) is 21.1. The quantitative estimate of drug-likeness (QED) is 0.199. The van der Waals surface area contributed by atoms with Gasteiger partial charge in [-0.05, 0) is 70.2 Å². The number of benzene rings is 4. The molecule has 0 unspecified atom stereocenters. The van der Waals surface area contributed by atoms with Gasteiger partial charge in [0, 0.05) is 33.5 Å². The van der Waals surface area contributed by atoms with Crippen molar-refractivity contribution < 1.29 is 0 Å². The lowest BCUT2D eigenvalue weighted by molar-refractivity contribution is 0.623. The lowest BCUT2D eigenvalue weighted by atomic mass is 9.72. The van der Waals surface area contributed by atoms with E-state index in [4.69, 9.17) is 23.6 Å². The zero-order valence-electron chi connectivity index (χ0n) is 25.7. The van der Waals surface area contributed by atoms with Gasteiger partial charge in [0.2, 0.25) is 0 Å². The van der Waals surface area contributed by atoms with Gasteiger partial charge in [-0.3, -0.25) is 0 Å². The summed E-state index contributed by atoms with van der Waals surface area (Å²) in [6, 6.07) is 39.7. The van der Waals surface area contributed by atoms with E-state index in [2.05, 4.69) is 149 Å². The summed E-state index contributed by atoms with van der Waals surface area (Å²) < 4.78 is 0. The van der Waals surface area contributed by atoms with Crippen LogP contribution in [0.15, 0.2) is 143 Å². The largest absolute Gasteiger partial charge is 0.0875 e. The molecular formula is C40H36P2S2. The van der Waals surface area contributed by atoms with E-state index in [-0.39, 0.29) is 10.8 Å². The molecule has 4 aliphatic rings. The Morgan fingerprint density at radius 2 is 0.705 bits per heavy atom. The van der Waals surface area contributed by atoms with Crippen LogP contribution in [-0.2, 0) is 23.6 Å². The van der Waals surface area contributed by atoms with Crippen molar-refractivity contribution in [1.82, 2.24) is 0 Å². The molecule has 0 saturated carbocycles. The second kappa shape index (κ2) is 9.82. The maximum atomic E-state index is 7.15. The van der Waals surface area contributed by atoms with Gasteiger partial charge in [0.1, 0.15) is 0 Å². The second-order valence-electron chi connectivity index (χ2n) is 13.3. The van der Waals surface area contributed by atoms with Gasteiger partial charge in [-0.15, -0.1) is 0 Å². The molecule has 4 bridgehead atoms. The van der Waals surface area contributed by atoms with Gasteiger partial charge in [0.15, 0.2) is 0 Å². The Labute approximate surface area is 272 Å². The molecular weight excluding hydrogens is 607 g/mol. The predicted molar refractivity (Wildman–Crippen MR) is 199 cm³/mol. The van der Waals surface area contributed by atoms with Gasteiger partial charge in [0.05, 0.1) is 0 Å². The molecule has 4 heterocycles. The zero-order valence-corrected chi connectivity index (χ0v) is 29.1. The minimum Gasteiger partial charge on any atom is -0.0875 e. The van der Waals surface area contributed by atoms with Gasteiger partial charge < -0.3 is 0 Å². The first-order valence-corrected chi connectivity index (χ1v) is 21.5. The molecule has 0 aromatic heterocycles. The molecule has 0 nitrogen and oxygen atoms in total. The van der Waals surface area contributed by atoms with Crippen LogP contribution in [0.25, 0.3) is 21.8 Å². The highest BCUT2D eigenvalue weighted by Gasteiger charge is 2.63. The Kier molecular flexibility index (Phi) is 6.38. The number of allylic oxidation sites excluding steroid dienone is 6. The maximum Gasteiger partial charge on any atom is 0.0206 e. The van der Waals surface area contributed by atoms with Crippen molar-refractivity contribution in [3.8, 4) is 0 Å². The van der Waals surface area contributed by atoms with Crippen molar-refractivity contribution in [3.05, 3.63) is 165 Å². The van der Waals surface area contributed by atoms with Crippen LogP contribution in [-0.4, -0.2) is 12.3 Å². The third-order valence-corrected chi connectivity index (χ3v) is 21.2. The van der Waals surface area contributed by atoms with Gasteiger partial charge in [-0.2, -0.15) is 0 Å². The van der Waals surface area contributed by atoms with Crippen LogP contribution in [0.5, 0.6) is 0 Å². The van der Waals surface area contributed by atoms with Crippen molar-refractivity contribution in [1.29, 1.82) is 0 Å². The summed E-state index contributed by atoms with van der Waals surface area (Å²) in [5.41, 5.74) is 10.8. The van der Waals surface area contributed by atoms with Crippen LogP contribution >= 0.6 is 12.1 Å². The second-order valence-corrected chi connectivity index (χ2v) is 22.4. The highest BCUT2D eigenvalue weighted by Crippen LogP contribution is 2.92. The van der Waals surface area contributed by atoms with Crippen LogP contribution in [0, 0.1) is 10.8 Å². The minimum absolute atomic E-state index is 0.109. The first-order valence-electron chi connectivity index (χ1n) is 15.5. The molecule has 4 aromatic carbocycles. The number of rotatable bonds is 5. The van der Waals surface area contributed by atoms with Crippen LogP contribution in [0.2, 0.25) is 0 Å². The summed E-state index contributed by atoms with van der Waals surface area (Å²) in [7, 11) is 0. The summed E-state index contributed by atoms with van der Waals surface area (Å²) in [4.78, 5) is 0. The lowest BCUT2D eigenvalue weighted by Gasteiger charge is -2.37. The fourth-order valence-electron chi connectivity index (χ4n) is 8.86. The number of hydrogen-bond donors (Lipinski definition) is 0. The molecule has 44 heavy (non-hydrogen) atoms. The molecule has 218 valence electrons. The van der Waals surface area contributed by atoms with Gasteiger partial charge >= 0.3 is 0 Å². The van der Waals surface area contributed by atoms with E-state index in [9.17, 15) is 0 Å². The Morgan fingerprint density at radius 3 is 1.00 bits per heavy atom.